The minimum Gasteiger partial charge on any atom is -0.383 e. The number of methoxy groups -OCH3 is 1. The molecule has 0 amide bonds. The molecule has 0 aromatic rings. The first-order chi connectivity index (χ1) is 3.81. The van der Waals surface area contributed by atoms with Gasteiger partial charge in [-0.15, -0.1) is 0 Å². The molecule has 3 N–H and O–H groups in total. The maximum absolute atomic E-state index is 5.51. The standard InChI is InChI=1S/C5H14N2O/c1-7-3-5(6)4-8-2/h5,7H,3-4,6H2,1-2H3. The van der Waals surface area contributed by atoms with Gasteiger partial charge in [0.25, 0.3) is 0 Å². The van der Waals surface area contributed by atoms with Gasteiger partial charge in [-0.1, -0.05) is 0 Å². The van der Waals surface area contributed by atoms with E-state index >= 15 is 0 Å². The second-order valence-corrected chi connectivity index (χ2v) is 1.77. The Morgan fingerprint density at radius 2 is 2.38 bits per heavy atom. The molecule has 0 saturated heterocycles. The topological polar surface area (TPSA) is 47.3 Å². The van der Waals surface area contributed by atoms with Crippen LogP contribution in [0, 0.1) is 0 Å². The number of nitrogens with two attached hydrogens (primary N) is 1. The Kier molecular flexibility index (Phi) is 4.95. The van der Waals surface area contributed by atoms with Gasteiger partial charge in [0.1, 0.15) is 0 Å². The second kappa shape index (κ2) is 5.03. The van der Waals surface area contributed by atoms with Crippen molar-refractivity contribution in [3.8, 4) is 0 Å². The highest BCUT2D eigenvalue weighted by atomic mass is 16.5. The predicted molar refractivity (Wildman–Crippen MR) is 33.8 cm³/mol. The summed E-state index contributed by atoms with van der Waals surface area (Å²) < 4.78 is 4.79. The average Bonchev–Trinajstić information content (AvgIpc) is 1.68. The van der Waals surface area contributed by atoms with Crippen LogP contribution in [0.1, 0.15) is 0 Å². The molecule has 0 aromatic heterocycles. The third kappa shape index (κ3) is 4.05. The molecule has 1 atom stereocenters. The number of nitrogens with one attached hydrogen (secondary N) is 1. The van der Waals surface area contributed by atoms with Crippen LogP contribution in [0.2, 0.25) is 0 Å². The highest BCUT2D eigenvalue weighted by Gasteiger charge is 1.96. The van der Waals surface area contributed by atoms with Gasteiger partial charge < -0.3 is 15.8 Å². The molecule has 0 aromatic carbocycles. The summed E-state index contributed by atoms with van der Waals surface area (Å²) in [6.07, 6.45) is 0. The van der Waals surface area contributed by atoms with Crippen LogP contribution >= 0.6 is 0 Å². The fourth-order valence-electron chi connectivity index (χ4n) is 0.535. The summed E-state index contributed by atoms with van der Waals surface area (Å²) in [6.45, 7) is 1.44. The Hall–Kier alpha value is -0.120. The maximum atomic E-state index is 5.51. The van der Waals surface area contributed by atoms with E-state index in [0.717, 1.165) is 6.54 Å². The highest BCUT2D eigenvalue weighted by molar-refractivity contribution is 4.59. The highest BCUT2D eigenvalue weighted by Crippen LogP contribution is 1.73. The van der Waals surface area contributed by atoms with E-state index in [2.05, 4.69) is 5.32 Å². The van der Waals surface area contributed by atoms with Crippen LogP contribution in [0.15, 0.2) is 0 Å². The van der Waals surface area contributed by atoms with Crippen LogP contribution < -0.4 is 11.1 Å². The second-order valence-electron chi connectivity index (χ2n) is 1.77. The number of hydrogen-bond donors (Lipinski definition) is 2. The zero-order chi connectivity index (χ0) is 6.41. The lowest BCUT2D eigenvalue weighted by Gasteiger charge is -2.07. The Morgan fingerprint density at radius 1 is 1.75 bits per heavy atom. The van der Waals surface area contributed by atoms with E-state index in [0.29, 0.717) is 6.61 Å². The average molecular weight is 118 g/mol. The van der Waals surface area contributed by atoms with Gasteiger partial charge in [0.05, 0.1) is 6.61 Å². The quantitative estimate of drug-likeness (QED) is 0.507. The normalized spacial score (nSPS) is 13.9. The molecular weight excluding hydrogens is 104 g/mol. The molecule has 1 unspecified atom stereocenters. The number of ether oxygens (including phenoxy) is 1. The van der Waals surface area contributed by atoms with Crippen LogP contribution in [0.25, 0.3) is 0 Å². The summed E-state index contributed by atoms with van der Waals surface area (Å²) >= 11 is 0. The summed E-state index contributed by atoms with van der Waals surface area (Å²) in [5, 5.41) is 2.95. The zero-order valence-corrected chi connectivity index (χ0v) is 5.48. The minimum atomic E-state index is 0.130. The molecule has 0 aliphatic rings. The van der Waals surface area contributed by atoms with Crippen molar-refractivity contribution in [3.63, 3.8) is 0 Å². The molecule has 0 fully saturated rings. The number of hydrogen-bond acceptors (Lipinski definition) is 3. The first-order valence-corrected chi connectivity index (χ1v) is 2.70. The predicted octanol–water partition coefficient (Wildman–Crippen LogP) is -0.820. The summed E-state index contributed by atoms with van der Waals surface area (Å²) in [4.78, 5) is 0. The lowest BCUT2D eigenvalue weighted by molar-refractivity contribution is 0.180. The Balaban J connectivity index is 2.92. The SMILES string of the molecule is CNCC(N)COC. The van der Waals surface area contributed by atoms with Crippen molar-refractivity contribution >= 4 is 0 Å². The number of likely N-dealkylation sites (N-methyl/N-ethyl adjacent to an activating group) is 1. The van der Waals surface area contributed by atoms with Crippen LogP contribution in [-0.2, 0) is 4.74 Å². The van der Waals surface area contributed by atoms with Crippen LogP contribution in [0.3, 0.4) is 0 Å². The monoisotopic (exact) mass is 118 g/mol. The Labute approximate surface area is 50.2 Å². The lowest BCUT2D eigenvalue weighted by atomic mass is 10.3. The van der Waals surface area contributed by atoms with E-state index in [9.17, 15) is 0 Å². The fourth-order valence-corrected chi connectivity index (χ4v) is 0.535. The van der Waals surface area contributed by atoms with Crippen molar-refractivity contribution in [2.75, 3.05) is 27.3 Å². The molecule has 0 radical (unpaired) electrons. The van der Waals surface area contributed by atoms with Gasteiger partial charge in [-0.25, -0.2) is 0 Å². The molecule has 3 heteroatoms. The Bertz CT molecular complexity index is 43.7. The van der Waals surface area contributed by atoms with E-state index < -0.39 is 0 Å². The molecule has 0 rings (SSSR count). The molecule has 0 bridgehead atoms. The van der Waals surface area contributed by atoms with Gasteiger partial charge >= 0.3 is 0 Å². The van der Waals surface area contributed by atoms with Crippen LogP contribution in [-0.4, -0.2) is 33.4 Å². The van der Waals surface area contributed by atoms with Crippen LogP contribution in [0.4, 0.5) is 0 Å². The van der Waals surface area contributed by atoms with Crippen molar-refractivity contribution in [2.45, 2.75) is 6.04 Å². The molecular formula is C5H14N2O. The van der Waals surface area contributed by atoms with Gasteiger partial charge in [0.2, 0.25) is 0 Å². The van der Waals surface area contributed by atoms with Gasteiger partial charge in [-0.05, 0) is 7.05 Å². The minimum absolute atomic E-state index is 0.130. The van der Waals surface area contributed by atoms with Gasteiger partial charge in [0, 0.05) is 19.7 Å². The molecule has 0 spiro atoms. The van der Waals surface area contributed by atoms with Crippen molar-refractivity contribution in [3.05, 3.63) is 0 Å². The van der Waals surface area contributed by atoms with E-state index in [4.69, 9.17) is 10.5 Å². The van der Waals surface area contributed by atoms with Gasteiger partial charge in [0.15, 0.2) is 0 Å². The summed E-state index contributed by atoms with van der Waals surface area (Å²) in [7, 11) is 3.52. The van der Waals surface area contributed by atoms with Crippen molar-refractivity contribution in [1.29, 1.82) is 0 Å². The number of rotatable bonds is 4. The van der Waals surface area contributed by atoms with Crippen molar-refractivity contribution in [1.82, 2.24) is 5.32 Å². The van der Waals surface area contributed by atoms with E-state index in [1.165, 1.54) is 0 Å². The smallest absolute Gasteiger partial charge is 0.0626 e. The molecule has 50 valence electrons. The third-order valence-corrected chi connectivity index (χ3v) is 0.847. The van der Waals surface area contributed by atoms with E-state index in [1.807, 2.05) is 7.05 Å². The zero-order valence-electron chi connectivity index (χ0n) is 5.48. The molecule has 0 saturated carbocycles. The molecule has 0 aliphatic heterocycles. The summed E-state index contributed by atoms with van der Waals surface area (Å²) in [5.74, 6) is 0. The molecule has 8 heavy (non-hydrogen) atoms. The van der Waals surface area contributed by atoms with Gasteiger partial charge in [-0.3, -0.25) is 0 Å². The van der Waals surface area contributed by atoms with Crippen molar-refractivity contribution in [2.24, 2.45) is 5.73 Å². The maximum Gasteiger partial charge on any atom is 0.0626 e. The summed E-state index contributed by atoms with van der Waals surface area (Å²) in [5.41, 5.74) is 5.51. The molecule has 0 aliphatic carbocycles. The van der Waals surface area contributed by atoms with E-state index in [1.54, 1.807) is 7.11 Å². The largest absolute Gasteiger partial charge is 0.383 e. The first-order valence-electron chi connectivity index (χ1n) is 2.70. The Morgan fingerprint density at radius 3 is 2.75 bits per heavy atom. The third-order valence-electron chi connectivity index (χ3n) is 0.847. The molecule has 3 nitrogen and oxygen atoms in total. The molecule has 0 heterocycles. The fraction of sp³-hybridized carbons (Fsp3) is 1.00. The van der Waals surface area contributed by atoms with E-state index in [-0.39, 0.29) is 6.04 Å². The lowest BCUT2D eigenvalue weighted by Crippen LogP contribution is -2.35. The van der Waals surface area contributed by atoms with Crippen LogP contribution in [0.5, 0.6) is 0 Å². The first kappa shape index (κ1) is 7.88. The van der Waals surface area contributed by atoms with Crippen molar-refractivity contribution < 1.29 is 4.74 Å². The van der Waals surface area contributed by atoms with Gasteiger partial charge in [-0.2, -0.15) is 0 Å². The summed E-state index contributed by atoms with van der Waals surface area (Å²) in [6, 6.07) is 0.130.